The number of halogens is 3. The summed E-state index contributed by atoms with van der Waals surface area (Å²) in [5, 5.41) is 17.2. The number of aromatic nitrogens is 3. The number of alkyl halides is 3. The molecule has 34 heavy (non-hydrogen) atoms. The molecule has 2 saturated carbocycles. The topological polar surface area (TPSA) is 88.8 Å². The first-order chi connectivity index (χ1) is 16.1. The average molecular weight is 474 g/mol. The van der Waals surface area contributed by atoms with Crippen LogP contribution >= 0.6 is 0 Å². The van der Waals surface area contributed by atoms with Crippen molar-refractivity contribution < 1.29 is 27.8 Å². The zero-order chi connectivity index (χ0) is 24.1. The van der Waals surface area contributed by atoms with E-state index < -0.39 is 30.7 Å². The number of pyridine rings is 2. The number of rotatable bonds is 5. The molecule has 0 radical (unpaired) electrons. The highest BCUT2D eigenvalue weighted by atomic mass is 19.4. The first-order valence-electron chi connectivity index (χ1n) is 11.3. The van der Waals surface area contributed by atoms with Crippen LogP contribution in [0.4, 0.5) is 19.0 Å². The first-order valence-corrected chi connectivity index (χ1v) is 11.3. The fraction of sp³-hybridized carbons (Fsp3) is 0.458. The van der Waals surface area contributed by atoms with Crippen LogP contribution in [0.3, 0.4) is 0 Å². The highest BCUT2D eigenvalue weighted by molar-refractivity contribution is 5.93. The fourth-order valence-electron chi connectivity index (χ4n) is 4.31. The molecular formula is C24H25F3N4O3. The number of nitrogens with zero attached hydrogens (tertiary/aromatic N) is 3. The minimum absolute atomic E-state index is 0.0195. The Morgan fingerprint density at radius 3 is 2.62 bits per heavy atom. The van der Waals surface area contributed by atoms with E-state index in [0.717, 1.165) is 35.2 Å². The van der Waals surface area contributed by atoms with Crippen LogP contribution in [-0.4, -0.2) is 43.5 Å². The lowest BCUT2D eigenvalue weighted by molar-refractivity contribution is -0.272. The summed E-state index contributed by atoms with van der Waals surface area (Å²) >= 11 is 0. The lowest BCUT2D eigenvalue weighted by atomic mass is 9.83. The number of fused-ring (bicyclic) bond motifs is 1. The van der Waals surface area contributed by atoms with Crippen LogP contribution in [0.2, 0.25) is 0 Å². The van der Waals surface area contributed by atoms with E-state index in [-0.39, 0.29) is 24.7 Å². The molecule has 0 unspecified atom stereocenters. The van der Waals surface area contributed by atoms with Crippen molar-refractivity contribution in [1.29, 1.82) is 0 Å². The molecule has 0 aliphatic heterocycles. The highest BCUT2D eigenvalue weighted by Crippen LogP contribution is 2.43. The van der Waals surface area contributed by atoms with Crippen molar-refractivity contribution in [3.63, 3.8) is 0 Å². The molecule has 2 aliphatic carbocycles. The summed E-state index contributed by atoms with van der Waals surface area (Å²) in [7, 11) is 0. The third-order valence-corrected chi connectivity index (χ3v) is 6.56. The third-order valence-electron chi connectivity index (χ3n) is 6.56. The molecule has 1 amide bonds. The zero-order valence-corrected chi connectivity index (χ0v) is 18.6. The largest absolute Gasteiger partial charge is 0.488 e. The van der Waals surface area contributed by atoms with Gasteiger partial charge in [-0.25, -0.2) is 4.52 Å². The van der Waals surface area contributed by atoms with E-state index in [1.807, 2.05) is 25.1 Å². The maximum atomic E-state index is 13.1. The second kappa shape index (κ2) is 8.26. The summed E-state index contributed by atoms with van der Waals surface area (Å²) in [6, 6.07) is 7.42. The van der Waals surface area contributed by atoms with Gasteiger partial charge in [0.1, 0.15) is 5.75 Å². The van der Waals surface area contributed by atoms with Gasteiger partial charge in [-0.15, -0.1) is 0 Å². The fourth-order valence-corrected chi connectivity index (χ4v) is 4.31. The number of carbonyl (C=O) groups excluding carboxylic acids is 1. The normalized spacial score (nSPS) is 23.1. The van der Waals surface area contributed by atoms with Crippen molar-refractivity contribution in [1.82, 2.24) is 14.6 Å². The van der Waals surface area contributed by atoms with E-state index in [0.29, 0.717) is 11.6 Å². The molecule has 3 aromatic rings. The molecule has 0 saturated heterocycles. The van der Waals surface area contributed by atoms with Gasteiger partial charge < -0.3 is 15.2 Å². The minimum atomic E-state index is -4.65. The van der Waals surface area contributed by atoms with E-state index in [2.05, 4.69) is 15.4 Å². The van der Waals surface area contributed by atoms with Crippen LogP contribution in [0.25, 0.3) is 16.6 Å². The van der Waals surface area contributed by atoms with Crippen LogP contribution in [0.1, 0.15) is 44.2 Å². The van der Waals surface area contributed by atoms with Crippen LogP contribution in [0, 0.1) is 12.8 Å². The maximum absolute atomic E-state index is 13.1. The molecule has 3 aromatic heterocycles. The van der Waals surface area contributed by atoms with Crippen molar-refractivity contribution in [3.05, 3.63) is 42.4 Å². The number of aliphatic hydroxyl groups is 1. The minimum Gasteiger partial charge on any atom is -0.488 e. The number of hydrogen-bond donors (Lipinski definition) is 2. The van der Waals surface area contributed by atoms with Gasteiger partial charge in [0.2, 0.25) is 5.91 Å². The lowest BCUT2D eigenvalue weighted by Crippen LogP contribution is -2.49. The number of anilines is 1. The standard InChI is InChI=1S/C24H25F3N4O3/c1-14-10-19(20(13-28-14)34-18-4-7-23(33,8-5-18)24(25,26)27)16-6-9-31-17(11-16)12-21(30-31)29-22(32)15-2-3-15/h6,9-13,15,18,33H,2-5,7-8H2,1H3,(H,29,30,32)/t18-,23-. The Bertz CT molecular complexity index is 1230. The van der Waals surface area contributed by atoms with Crippen LogP contribution in [0.15, 0.2) is 36.7 Å². The van der Waals surface area contributed by atoms with Crippen molar-refractivity contribution in [2.75, 3.05) is 5.32 Å². The molecule has 2 N–H and O–H groups in total. The Morgan fingerprint density at radius 1 is 1.21 bits per heavy atom. The maximum Gasteiger partial charge on any atom is 0.417 e. The molecule has 0 atom stereocenters. The summed E-state index contributed by atoms with van der Waals surface area (Å²) in [5.41, 5.74) is 0.480. The molecule has 2 fully saturated rings. The molecule has 3 heterocycles. The molecule has 0 aromatic carbocycles. The number of nitrogens with one attached hydrogen (secondary N) is 1. The number of aryl methyl sites for hydroxylation is 1. The molecular weight excluding hydrogens is 449 g/mol. The van der Waals surface area contributed by atoms with Crippen molar-refractivity contribution in [2.24, 2.45) is 5.92 Å². The third kappa shape index (κ3) is 4.46. The number of ether oxygens (including phenoxy) is 1. The van der Waals surface area contributed by atoms with Crippen molar-refractivity contribution in [2.45, 2.75) is 63.3 Å². The summed E-state index contributed by atoms with van der Waals surface area (Å²) in [5.74, 6) is 1.01. The van der Waals surface area contributed by atoms with Gasteiger partial charge in [0.25, 0.3) is 0 Å². The van der Waals surface area contributed by atoms with E-state index in [9.17, 15) is 23.1 Å². The Morgan fingerprint density at radius 2 is 1.94 bits per heavy atom. The van der Waals surface area contributed by atoms with Crippen LogP contribution in [0.5, 0.6) is 5.75 Å². The SMILES string of the molecule is Cc1cc(-c2ccn3nc(NC(=O)C4CC4)cc3c2)c(O[C@H]2CC[C@@](O)(C(F)(F)F)CC2)cn1. The van der Waals surface area contributed by atoms with Crippen molar-refractivity contribution in [3.8, 4) is 16.9 Å². The van der Waals surface area contributed by atoms with Gasteiger partial charge in [-0.3, -0.25) is 9.78 Å². The second-order valence-electron chi connectivity index (χ2n) is 9.25. The monoisotopic (exact) mass is 474 g/mol. The predicted octanol–water partition coefficient (Wildman–Crippen LogP) is 4.67. The smallest absolute Gasteiger partial charge is 0.417 e. The highest BCUT2D eigenvalue weighted by Gasteiger charge is 2.55. The molecule has 10 heteroatoms. The van der Waals surface area contributed by atoms with Gasteiger partial charge >= 0.3 is 6.18 Å². The van der Waals surface area contributed by atoms with E-state index in [1.54, 1.807) is 23.0 Å². The molecule has 7 nitrogen and oxygen atoms in total. The summed E-state index contributed by atoms with van der Waals surface area (Å²) in [4.78, 5) is 16.3. The van der Waals surface area contributed by atoms with E-state index in [4.69, 9.17) is 4.74 Å². The van der Waals surface area contributed by atoms with Crippen LogP contribution in [-0.2, 0) is 4.79 Å². The van der Waals surface area contributed by atoms with Gasteiger partial charge in [0.15, 0.2) is 11.4 Å². The van der Waals surface area contributed by atoms with Crippen LogP contribution < -0.4 is 10.1 Å². The number of hydrogen-bond acceptors (Lipinski definition) is 5. The quantitative estimate of drug-likeness (QED) is 0.561. The first kappa shape index (κ1) is 22.6. The summed E-state index contributed by atoms with van der Waals surface area (Å²) < 4.78 is 47.1. The molecule has 5 rings (SSSR count). The predicted molar refractivity (Wildman–Crippen MR) is 118 cm³/mol. The van der Waals surface area contributed by atoms with E-state index in [1.165, 1.54) is 0 Å². The van der Waals surface area contributed by atoms with E-state index >= 15 is 0 Å². The number of carbonyl (C=O) groups is 1. The molecule has 0 bridgehead atoms. The van der Waals surface area contributed by atoms with Gasteiger partial charge in [-0.2, -0.15) is 18.3 Å². The Hall–Kier alpha value is -3.14. The van der Waals surface area contributed by atoms with Gasteiger partial charge in [0.05, 0.1) is 17.8 Å². The van der Waals surface area contributed by atoms with Gasteiger partial charge in [-0.05, 0) is 69.2 Å². The second-order valence-corrected chi connectivity index (χ2v) is 9.25. The summed E-state index contributed by atoms with van der Waals surface area (Å²) in [6.45, 7) is 1.85. The van der Waals surface area contributed by atoms with Gasteiger partial charge in [-0.1, -0.05) is 0 Å². The number of amides is 1. The Kier molecular flexibility index (Phi) is 5.50. The summed E-state index contributed by atoms with van der Waals surface area (Å²) in [6.07, 6.45) is -0.531. The molecule has 180 valence electrons. The average Bonchev–Trinajstić information content (AvgIpc) is 3.56. The zero-order valence-electron chi connectivity index (χ0n) is 18.6. The lowest BCUT2D eigenvalue weighted by Gasteiger charge is -2.37. The van der Waals surface area contributed by atoms with Gasteiger partial charge in [0, 0.05) is 29.4 Å². The van der Waals surface area contributed by atoms with Crippen molar-refractivity contribution >= 4 is 17.2 Å². The Balaban J connectivity index is 1.37. The molecule has 2 aliphatic rings. The Labute approximate surface area is 193 Å². The molecule has 0 spiro atoms.